The summed E-state index contributed by atoms with van der Waals surface area (Å²) in [5, 5.41) is 2.93. The Bertz CT molecular complexity index is 934. The third-order valence-corrected chi connectivity index (χ3v) is 4.99. The van der Waals surface area contributed by atoms with Gasteiger partial charge in [-0.05, 0) is 66.3 Å². The van der Waals surface area contributed by atoms with E-state index >= 15 is 0 Å². The summed E-state index contributed by atoms with van der Waals surface area (Å²) >= 11 is 0. The van der Waals surface area contributed by atoms with E-state index in [2.05, 4.69) is 31.3 Å². The van der Waals surface area contributed by atoms with Crippen LogP contribution in [0.5, 0.6) is 11.5 Å². The molecule has 3 aromatic carbocycles. The first-order chi connectivity index (χ1) is 15.0. The maximum Gasteiger partial charge on any atom is 0.265 e. The molecule has 0 aliphatic heterocycles. The SMILES string of the molecule is CCC(Oc1ccc(-c2ccccc2)cc1)C(=O)Nc1ccc(OCCC(C)C)cc1. The number of nitrogens with one attached hydrogen (secondary N) is 1. The summed E-state index contributed by atoms with van der Waals surface area (Å²) in [5.74, 6) is 1.93. The van der Waals surface area contributed by atoms with Gasteiger partial charge in [0.05, 0.1) is 6.61 Å². The first-order valence-electron chi connectivity index (χ1n) is 10.9. The lowest BCUT2D eigenvalue weighted by molar-refractivity contribution is -0.122. The van der Waals surface area contributed by atoms with E-state index in [0.29, 0.717) is 24.7 Å². The lowest BCUT2D eigenvalue weighted by Gasteiger charge is -2.18. The van der Waals surface area contributed by atoms with Crippen LogP contribution in [0.2, 0.25) is 0 Å². The first-order valence-corrected chi connectivity index (χ1v) is 10.9. The van der Waals surface area contributed by atoms with Crippen molar-refractivity contribution in [3.05, 3.63) is 78.9 Å². The summed E-state index contributed by atoms with van der Waals surface area (Å²) in [5.41, 5.74) is 2.99. The molecule has 1 atom stereocenters. The number of carbonyl (C=O) groups is 1. The van der Waals surface area contributed by atoms with Crippen LogP contribution in [-0.2, 0) is 4.79 Å². The van der Waals surface area contributed by atoms with Gasteiger partial charge in [-0.3, -0.25) is 4.79 Å². The van der Waals surface area contributed by atoms with Crippen molar-refractivity contribution in [2.75, 3.05) is 11.9 Å². The molecule has 3 rings (SSSR count). The molecule has 0 aliphatic carbocycles. The minimum absolute atomic E-state index is 0.164. The quantitative estimate of drug-likeness (QED) is 0.405. The van der Waals surface area contributed by atoms with E-state index in [1.807, 2.05) is 73.7 Å². The highest BCUT2D eigenvalue weighted by molar-refractivity contribution is 5.94. The molecule has 0 aliphatic rings. The highest BCUT2D eigenvalue weighted by Crippen LogP contribution is 2.23. The number of hydrogen-bond donors (Lipinski definition) is 1. The molecule has 0 fully saturated rings. The molecule has 0 saturated heterocycles. The molecule has 1 amide bonds. The second-order valence-electron chi connectivity index (χ2n) is 7.95. The van der Waals surface area contributed by atoms with Gasteiger partial charge in [-0.25, -0.2) is 0 Å². The molecule has 1 N–H and O–H groups in total. The molecular weight excluding hydrogens is 386 g/mol. The van der Waals surface area contributed by atoms with E-state index in [9.17, 15) is 4.79 Å². The van der Waals surface area contributed by atoms with Gasteiger partial charge in [0.1, 0.15) is 11.5 Å². The molecular formula is C27H31NO3. The van der Waals surface area contributed by atoms with Crippen molar-refractivity contribution in [2.45, 2.75) is 39.7 Å². The van der Waals surface area contributed by atoms with Crippen molar-refractivity contribution in [3.8, 4) is 22.6 Å². The molecule has 0 saturated carbocycles. The Balaban J connectivity index is 1.55. The van der Waals surface area contributed by atoms with Gasteiger partial charge in [-0.15, -0.1) is 0 Å². The van der Waals surface area contributed by atoms with E-state index in [1.54, 1.807) is 0 Å². The summed E-state index contributed by atoms with van der Waals surface area (Å²) < 4.78 is 11.7. The van der Waals surface area contributed by atoms with Gasteiger partial charge < -0.3 is 14.8 Å². The average Bonchev–Trinajstić information content (AvgIpc) is 2.79. The van der Waals surface area contributed by atoms with Crippen LogP contribution in [0.15, 0.2) is 78.9 Å². The van der Waals surface area contributed by atoms with Crippen LogP contribution in [0, 0.1) is 5.92 Å². The number of rotatable bonds is 10. The average molecular weight is 418 g/mol. The molecule has 4 nitrogen and oxygen atoms in total. The summed E-state index contributed by atoms with van der Waals surface area (Å²) in [4.78, 5) is 12.7. The molecule has 0 heterocycles. The fourth-order valence-corrected chi connectivity index (χ4v) is 3.11. The number of hydrogen-bond acceptors (Lipinski definition) is 3. The van der Waals surface area contributed by atoms with E-state index in [0.717, 1.165) is 29.0 Å². The van der Waals surface area contributed by atoms with Gasteiger partial charge in [-0.1, -0.05) is 63.2 Å². The Morgan fingerprint density at radius 2 is 1.45 bits per heavy atom. The van der Waals surface area contributed by atoms with Gasteiger partial charge in [0.25, 0.3) is 5.91 Å². The second-order valence-corrected chi connectivity index (χ2v) is 7.95. The van der Waals surface area contributed by atoms with Crippen molar-refractivity contribution in [3.63, 3.8) is 0 Å². The van der Waals surface area contributed by atoms with Crippen molar-refractivity contribution in [2.24, 2.45) is 5.92 Å². The maximum atomic E-state index is 12.7. The molecule has 0 bridgehead atoms. The number of anilines is 1. The van der Waals surface area contributed by atoms with E-state index in [-0.39, 0.29) is 5.91 Å². The number of benzene rings is 3. The van der Waals surface area contributed by atoms with Gasteiger partial charge in [0, 0.05) is 5.69 Å². The minimum atomic E-state index is -0.565. The predicted octanol–water partition coefficient (Wildman–Crippen LogP) is 6.57. The molecule has 0 aromatic heterocycles. The van der Waals surface area contributed by atoms with E-state index in [1.165, 1.54) is 0 Å². The van der Waals surface area contributed by atoms with Crippen LogP contribution in [0.1, 0.15) is 33.6 Å². The van der Waals surface area contributed by atoms with Gasteiger partial charge >= 0.3 is 0 Å². The molecule has 4 heteroatoms. The largest absolute Gasteiger partial charge is 0.494 e. The monoisotopic (exact) mass is 417 g/mol. The lowest BCUT2D eigenvalue weighted by atomic mass is 10.1. The Morgan fingerprint density at radius 1 is 0.839 bits per heavy atom. The zero-order valence-corrected chi connectivity index (χ0v) is 18.5. The zero-order chi connectivity index (χ0) is 22.1. The van der Waals surface area contributed by atoms with Gasteiger partial charge in [0.15, 0.2) is 6.10 Å². The minimum Gasteiger partial charge on any atom is -0.494 e. The third kappa shape index (κ3) is 6.88. The Hall–Kier alpha value is -3.27. The molecule has 1 unspecified atom stereocenters. The fraction of sp³-hybridized carbons (Fsp3) is 0.296. The van der Waals surface area contributed by atoms with Crippen molar-refractivity contribution < 1.29 is 14.3 Å². The van der Waals surface area contributed by atoms with Crippen LogP contribution in [0.25, 0.3) is 11.1 Å². The first kappa shape index (κ1) is 22.4. The van der Waals surface area contributed by atoms with Gasteiger partial charge in [0.2, 0.25) is 0 Å². The Morgan fingerprint density at radius 3 is 2.06 bits per heavy atom. The zero-order valence-electron chi connectivity index (χ0n) is 18.5. The molecule has 0 spiro atoms. The molecule has 0 radical (unpaired) electrons. The lowest BCUT2D eigenvalue weighted by Crippen LogP contribution is -2.32. The highest BCUT2D eigenvalue weighted by Gasteiger charge is 2.18. The molecule has 162 valence electrons. The third-order valence-electron chi connectivity index (χ3n) is 4.99. The number of amides is 1. The Kier molecular flexibility index (Phi) is 8.11. The number of carbonyl (C=O) groups excluding carboxylic acids is 1. The van der Waals surface area contributed by atoms with Gasteiger partial charge in [-0.2, -0.15) is 0 Å². The normalized spacial score (nSPS) is 11.7. The standard InChI is InChI=1S/C27H31NO3/c1-4-26(31-25-14-10-22(11-15-25)21-8-6-5-7-9-21)27(29)28-23-12-16-24(17-13-23)30-19-18-20(2)3/h5-17,20,26H,4,18-19H2,1-3H3,(H,28,29). The maximum absolute atomic E-state index is 12.7. The van der Waals surface area contributed by atoms with Crippen LogP contribution >= 0.6 is 0 Å². The summed E-state index contributed by atoms with van der Waals surface area (Å²) in [6.07, 6.45) is 1.02. The van der Waals surface area contributed by atoms with Crippen LogP contribution in [0.4, 0.5) is 5.69 Å². The van der Waals surface area contributed by atoms with Crippen LogP contribution in [-0.4, -0.2) is 18.6 Å². The van der Waals surface area contributed by atoms with Crippen LogP contribution < -0.4 is 14.8 Å². The predicted molar refractivity (Wildman–Crippen MR) is 127 cm³/mol. The fourth-order valence-electron chi connectivity index (χ4n) is 3.11. The van der Waals surface area contributed by atoms with Crippen molar-refractivity contribution in [1.29, 1.82) is 0 Å². The Labute approximate surface area is 185 Å². The van der Waals surface area contributed by atoms with Crippen molar-refractivity contribution >= 4 is 11.6 Å². The summed E-state index contributed by atoms with van der Waals surface area (Å²) in [6.45, 7) is 6.98. The summed E-state index contributed by atoms with van der Waals surface area (Å²) in [7, 11) is 0. The van der Waals surface area contributed by atoms with Crippen LogP contribution in [0.3, 0.4) is 0 Å². The summed E-state index contributed by atoms with van der Waals surface area (Å²) in [6, 6.07) is 25.4. The highest BCUT2D eigenvalue weighted by atomic mass is 16.5. The van der Waals surface area contributed by atoms with E-state index in [4.69, 9.17) is 9.47 Å². The number of ether oxygens (including phenoxy) is 2. The molecule has 3 aromatic rings. The second kappa shape index (κ2) is 11.2. The smallest absolute Gasteiger partial charge is 0.265 e. The van der Waals surface area contributed by atoms with E-state index < -0.39 is 6.10 Å². The topological polar surface area (TPSA) is 47.6 Å². The van der Waals surface area contributed by atoms with Crippen molar-refractivity contribution in [1.82, 2.24) is 0 Å². The molecule has 31 heavy (non-hydrogen) atoms.